The van der Waals surface area contributed by atoms with Crippen molar-refractivity contribution in [1.29, 1.82) is 0 Å². The van der Waals surface area contributed by atoms with E-state index in [1.807, 2.05) is 0 Å². The van der Waals surface area contributed by atoms with Crippen LogP contribution in [0, 0.1) is 5.92 Å². The number of carbonyl (C=O) groups is 1. The van der Waals surface area contributed by atoms with Crippen LogP contribution in [0.25, 0.3) is 0 Å². The van der Waals surface area contributed by atoms with E-state index in [2.05, 4.69) is 10.3 Å². The minimum absolute atomic E-state index is 0.312. The Kier molecular flexibility index (Phi) is 4.02. The zero-order valence-corrected chi connectivity index (χ0v) is 10.5. The van der Waals surface area contributed by atoms with Gasteiger partial charge in [0, 0.05) is 6.54 Å². The van der Waals surface area contributed by atoms with Crippen molar-refractivity contribution < 1.29 is 4.79 Å². The number of nitrogens with zero attached hydrogens (tertiary/aromatic N) is 1. The standard InChI is InChI=1S/C13H20N4O/c14-12-6-10(13(15)18)11(8-17-12)16-7-9-4-2-1-3-5-9/h6,8-9,16H,1-5,7H2,(H2,14,17)(H2,15,18). The van der Waals surface area contributed by atoms with E-state index in [1.54, 1.807) is 6.20 Å². The summed E-state index contributed by atoms with van der Waals surface area (Å²) >= 11 is 0. The third kappa shape index (κ3) is 3.12. The minimum atomic E-state index is -0.477. The Morgan fingerprint density at radius 1 is 1.39 bits per heavy atom. The van der Waals surface area contributed by atoms with E-state index in [9.17, 15) is 4.79 Å². The molecule has 0 spiro atoms. The Balaban J connectivity index is 2.01. The molecule has 2 rings (SSSR count). The molecule has 5 N–H and O–H groups in total. The lowest BCUT2D eigenvalue weighted by atomic mass is 9.89. The van der Waals surface area contributed by atoms with Crippen LogP contribution < -0.4 is 16.8 Å². The first kappa shape index (κ1) is 12.7. The van der Waals surface area contributed by atoms with Crippen molar-refractivity contribution in [2.24, 2.45) is 11.7 Å². The summed E-state index contributed by atoms with van der Waals surface area (Å²) in [5, 5.41) is 3.27. The average Bonchev–Trinajstić information content (AvgIpc) is 2.38. The second-order valence-electron chi connectivity index (χ2n) is 4.90. The highest BCUT2D eigenvalue weighted by atomic mass is 16.1. The zero-order valence-electron chi connectivity index (χ0n) is 10.5. The quantitative estimate of drug-likeness (QED) is 0.756. The van der Waals surface area contributed by atoms with Gasteiger partial charge in [-0.3, -0.25) is 4.79 Å². The number of carbonyl (C=O) groups excluding carboxylic acids is 1. The predicted molar refractivity (Wildman–Crippen MR) is 72.2 cm³/mol. The van der Waals surface area contributed by atoms with Crippen molar-refractivity contribution in [1.82, 2.24) is 4.98 Å². The van der Waals surface area contributed by atoms with E-state index in [1.165, 1.54) is 38.2 Å². The summed E-state index contributed by atoms with van der Waals surface area (Å²) in [5.41, 5.74) is 12.0. The molecule has 0 aromatic carbocycles. The van der Waals surface area contributed by atoms with Crippen LogP contribution >= 0.6 is 0 Å². The topological polar surface area (TPSA) is 94.0 Å². The molecule has 98 valence electrons. The fourth-order valence-electron chi connectivity index (χ4n) is 2.46. The molecular weight excluding hydrogens is 228 g/mol. The minimum Gasteiger partial charge on any atom is -0.384 e. The summed E-state index contributed by atoms with van der Waals surface area (Å²) in [5.74, 6) is 0.513. The normalized spacial score (nSPS) is 16.4. The second kappa shape index (κ2) is 5.71. The number of hydrogen-bond acceptors (Lipinski definition) is 4. The number of pyridine rings is 1. The maximum atomic E-state index is 11.3. The molecule has 0 unspecified atom stereocenters. The molecule has 1 aromatic heterocycles. The van der Waals surface area contributed by atoms with E-state index in [4.69, 9.17) is 11.5 Å². The van der Waals surface area contributed by atoms with Gasteiger partial charge >= 0.3 is 0 Å². The van der Waals surface area contributed by atoms with Crippen LogP contribution in [0.2, 0.25) is 0 Å². The number of nitrogen functional groups attached to an aromatic ring is 1. The molecule has 18 heavy (non-hydrogen) atoms. The average molecular weight is 248 g/mol. The van der Waals surface area contributed by atoms with Gasteiger partial charge in [-0.1, -0.05) is 19.3 Å². The van der Waals surface area contributed by atoms with Crippen molar-refractivity contribution in [2.75, 3.05) is 17.6 Å². The van der Waals surface area contributed by atoms with E-state index in [-0.39, 0.29) is 0 Å². The van der Waals surface area contributed by atoms with E-state index < -0.39 is 5.91 Å². The third-order valence-corrected chi connectivity index (χ3v) is 3.50. The zero-order chi connectivity index (χ0) is 13.0. The summed E-state index contributed by atoms with van der Waals surface area (Å²) in [6.07, 6.45) is 8.03. The van der Waals surface area contributed by atoms with Crippen LogP contribution in [-0.2, 0) is 0 Å². The predicted octanol–water partition coefficient (Wildman–Crippen LogP) is 1.75. The van der Waals surface area contributed by atoms with Gasteiger partial charge in [-0.2, -0.15) is 0 Å². The second-order valence-corrected chi connectivity index (χ2v) is 4.90. The van der Waals surface area contributed by atoms with Crippen molar-refractivity contribution in [3.05, 3.63) is 17.8 Å². The Bertz CT molecular complexity index is 427. The van der Waals surface area contributed by atoms with Crippen LogP contribution in [0.1, 0.15) is 42.5 Å². The highest BCUT2D eigenvalue weighted by molar-refractivity contribution is 5.98. The molecule has 1 amide bonds. The molecule has 5 heteroatoms. The summed E-state index contributed by atoms with van der Waals surface area (Å²) in [7, 11) is 0. The van der Waals surface area contributed by atoms with Gasteiger partial charge in [0.2, 0.25) is 0 Å². The monoisotopic (exact) mass is 248 g/mol. The molecule has 0 saturated heterocycles. The van der Waals surface area contributed by atoms with Crippen molar-refractivity contribution in [3.8, 4) is 0 Å². The number of anilines is 2. The van der Waals surface area contributed by atoms with Crippen LogP contribution in [0.4, 0.5) is 11.5 Å². The van der Waals surface area contributed by atoms with E-state index >= 15 is 0 Å². The number of nitrogens with one attached hydrogen (secondary N) is 1. The van der Waals surface area contributed by atoms with Crippen LogP contribution in [0.3, 0.4) is 0 Å². The maximum Gasteiger partial charge on any atom is 0.250 e. The van der Waals surface area contributed by atoms with E-state index in [0.717, 1.165) is 6.54 Å². The number of hydrogen-bond donors (Lipinski definition) is 3. The number of nitrogens with two attached hydrogens (primary N) is 2. The van der Waals surface area contributed by atoms with Crippen LogP contribution in [0.5, 0.6) is 0 Å². The number of aromatic nitrogens is 1. The number of amides is 1. The first-order chi connectivity index (χ1) is 8.66. The molecule has 0 bridgehead atoms. The Morgan fingerprint density at radius 2 is 2.11 bits per heavy atom. The van der Waals surface area contributed by atoms with Gasteiger partial charge in [0.15, 0.2) is 0 Å². The Labute approximate surface area is 107 Å². The molecule has 0 radical (unpaired) electrons. The van der Waals surface area contributed by atoms with Crippen molar-refractivity contribution in [3.63, 3.8) is 0 Å². The van der Waals surface area contributed by atoms with Gasteiger partial charge in [0.1, 0.15) is 5.82 Å². The van der Waals surface area contributed by atoms with Gasteiger partial charge in [-0.15, -0.1) is 0 Å². The maximum absolute atomic E-state index is 11.3. The van der Waals surface area contributed by atoms with Gasteiger partial charge in [-0.25, -0.2) is 4.98 Å². The molecule has 1 aromatic rings. The fourth-order valence-corrected chi connectivity index (χ4v) is 2.46. The highest BCUT2D eigenvalue weighted by Crippen LogP contribution is 2.24. The fraction of sp³-hybridized carbons (Fsp3) is 0.538. The summed E-state index contributed by atoms with van der Waals surface area (Å²) < 4.78 is 0. The largest absolute Gasteiger partial charge is 0.384 e. The van der Waals surface area contributed by atoms with E-state index in [0.29, 0.717) is 23.0 Å². The molecule has 1 fully saturated rings. The van der Waals surface area contributed by atoms with Crippen molar-refractivity contribution in [2.45, 2.75) is 32.1 Å². The van der Waals surface area contributed by atoms with Crippen molar-refractivity contribution >= 4 is 17.4 Å². The molecule has 0 atom stereocenters. The summed E-state index contributed by atoms with van der Waals surface area (Å²) in [6, 6.07) is 1.52. The first-order valence-electron chi connectivity index (χ1n) is 6.46. The molecule has 1 heterocycles. The van der Waals surface area contributed by atoms with Gasteiger partial charge < -0.3 is 16.8 Å². The van der Waals surface area contributed by atoms with Crippen LogP contribution in [0.15, 0.2) is 12.3 Å². The molecule has 1 aliphatic rings. The number of rotatable bonds is 4. The Morgan fingerprint density at radius 3 is 2.78 bits per heavy atom. The lowest BCUT2D eigenvalue weighted by Gasteiger charge is -2.22. The van der Waals surface area contributed by atoms with Gasteiger partial charge in [0.25, 0.3) is 5.91 Å². The van der Waals surface area contributed by atoms with Gasteiger partial charge in [-0.05, 0) is 24.8 Å². The first-order valence-corrected chi connectivity index (χ1v) is 6.46. The van der Waals surface area contributed by atoms with Gasteiger partial charge in [0.05, 0.1) is 17.4 Å². The number of primary amides is 1. The Hall–Kier alpha value is -1.78. The molecule has 1 saturated carbocycles. The molecule has 5 nitrogen and oxygen atoms in total. The smallest absolute Gasteiger partial charge is 0.250 e. The highest BCUT2D eigenvalue weighted by Gasteiger charge is 2.15. The summed E-state index contributed by atoms with van der Waals surface area (Å²) in [6.45, 7) is 0.867. The molecule has 1 aliphatic carbocycles. The molecule has 0 aliphatic heterocycles. The third-order valence-electron chi connectivity index (χ3n) is 3.50. The van der Waals surface area contributed by atoms with Crippen LogP contribution in [-0.4, -0.2) is 17.4 Å². The molecular formula is C13H20N4O. The summed E-state index contributed by atoms with van der Waals surface area (Å²) in [4.78, 5) is 15.3. The lowest BCUT2D eigenvalue weighted by Crippen LogP contribution is -2.20. The SMILES string of the molecule is NC(=O)c1cc(N)ncc1NCC1CCCCC1. The lowest BCUT2D eigenvalue weighted by molar-refractivity contribution is 0.100.